The lowest BCUT2D eigenvalue weighted by Gasteiger charge is -2.45. The smallest absolute Gasteiger partial charge is 0.365 e. The highest BCUT2D eigenvalue weighted by atomic mass is 32.2. The first-order valence-corrected chi connectivity index (χ1v) is 14.9. The molecule has 0 aliphatic carbocycles. The number of halogens is 3. The van der Waals surface area contributed by atoms with E-state index in [9.17, 15) is 31.2 Å². The predicted octanol–water partition coefficient (Wildman–Crippen LogP) is 1.51. The van der Waals surface area contributed by atoms with Crippen molar-refractivity contribution in [1.29, 1.82) is 5.26 Å². The average Bonchev–Trinajstić information content (AvgIpc) is 3.26. The molecular formula is C26H32F3N5O5S. The molecule has 4 aliphatic heterocycles. The van der Waals surface area contributed by atoms with Gasteiger partial charge in [-0.1, -0.05) is 0 Å². The summed E-state index contributed by atoms with van der Waals surface area (Å²) in [6.07, 6.45) is -4.82. The van der Waals surface area contributed by atoms with Crippen molar-refractivity contribution in [3.8, 4) is 6.07 Å². The molecule has 4 fully saturated rings. The van der Waals surface area contributed by atoms with Crippen molar-refractivity contribution >= 4 is 27.5 Å². The third-order valence-corrected chi connectivity index (χ3v) is 10.6. The van der Waals surface area contributed by atoms with Crippen LogP contribution in [0.1, 0.15) is 31.9 Å². The summed E-state index contributed by atoms with van der Waals surface area (Å²) in [6.45, 7) is 9.29. The molecule has 4 atom stereocenters. The summed E-state index contributed by atoms with van der Waals surface area (Å²) in [4.78, 5) is 32.5. The highest BCUT2D eigenvalue weighted by molar-refractivity contribution is 7.89. The number of alkyl halides is 3. The van der Waals surface area contributed by atoms with Crippen molar-refractivity contribution in [2.45, 2.75) is 38.1 Å². The summed E-state index contributed by atoms with van der Waals surface area (Å²) >= 11 is 0. The summed E-state index contributed by atoms with van der Waals surface area (Å²) in [5, 5.41) is 9.11. The Morgan fingerprint density at radius 2 is 1.55 bits per heavy atom. The van der Waals surface area contributed by atoms with Crippen LogP contribution in [-0.2, 0) is 30.5 Å². The van der Waals surface area contributed by atoms with Crippen molar-refractivity contribution in [2.75, 3.05) is 63.0 Å². The van der Waals surface area contributed by atoms with Crippen molar-refractivity contribution in [3.63, 3.8) is 0 Å². The molecule has 0 saturated carbocycles. The fourth-order valence-electron chi connectivity index (χ4n) is 6.88. The fraction of sp³-hybridized carbons (Fsp3) is 0.654. The monoisotopic (exact) mass is 583 g/mol. The van der Waals surface area contributed by atoms with E-state index in [1.54, 1.807) is 20.8 Å². The van der Waals surface area contributed by atoms with Crippen LogP contribution in [0.3, 0.4) is 0 Å². The Morgan fingerprint density at radius 1 is 1.00 bits per heavy atom. The Labute approximate surface area is 231 Å². The van der Waals surface area contributed by atoms with Gasteiger partial charge >= 0.3 is 6.18 Å². The number of benzene rings is 1. The molecule has 1 aromatic carbocycles. The van der Waals surface area contributed by atoms with Crippen LogP contribution in [0.5, 0.6) is 0 Å². The molecule has 4 heterocycles. The number of amides is 2. The van der Waals surface area contributed by atoms with E-state index in [0.29, 0.717) is 58.4 Å². The second-order valence-electron chi connectivity index (χ2n) is 11.4. The van der Waals surface area contributed by atoms with Crippen molar-refractivity contribution in [1.82, 2.24) is 14.1 Å². The molecule has 14 heteroatoms. The van der Waals surface area contributed by atoms with E-state index in [1.165, 1.54) is 16.4 Å². The van der Waals surface area contributed by atoms with Crippen molar-refractivity contribution in [3.05, 3.63) is 29.3 Å². The molecule has 10 nitrogen and oxygen atoms in total. The molecule has 4 saturated heterocycles. The minimum absolute atomic E-state index is 0.0732. The van der Waals surface area contributed by atoms with Gasteiger partial charge in [-0.15, -0.1) is 0 Å². The van der Waals surface area contributed by atoms with Crippen LogP contribution in [-0.4, -0.2) is 104 Å². The second-order valence-corrected chi connectivity index (χ2v) is 13.6. The van der Waals surface area contributed by atoms with Gasteiger partial charge in [0.2, 0.25) is 21.8 Å². The topological polar surface area (TPSA) is 114 Å². The number of nitrogens with zero attached hydrogens (tertiary/aromatic N) is 5. The molecule has 0 radical (unpaired) electrons. The Bertz CT molecular complexity index is 1340. The van der Waals surface area contributed by atoms with Gasteiger partial charge in [-0.2, -0.15) is 22.7 Å². The van der Waals surface area contributed by atoms with E-state index in [4.69, 9.17) is 10.00 Å². The molecule has 2 amide bonds. The quantitative estimate of drug-likeness (QED) is 0.464. The van der Waals surface area contributed by atoms with E-state index < -0.39 is 62.2 Å². The molecular weight excluding hydrogens is 551 g/mol. The number of likely N-dealkylation sites (tertiary alicyclic amines) is 1. The standard InChI is InChI=1S/C26H32F3N5O5S/c1-4-40(37,38)33-11-9-31(10-12-33)7-8-32-15-24(2)20-21(25(3,16-32)39-24)23(36)34(22(20)35)18-6-5-17(14-30)19(13-18)26(27,28)29/h5-6,13,20-21H,4,7-12,15-16H2,1-3H3/t20-,21+,24-,25+. The van der Waals surface area contributed by atoms with E-state index in [1.807, 2.05) is 0 Å². The average molecular weight is 584 g/mol. The minimum atomic E-state index is -4.82. The number of sulfonamides is 1. The lowest BCUT2D eigenvalue weighted by molar-refractivity contribution is -0.169. The summed E-state index contributed by atoms with van der Waals surface area (Å²) in [6, 6.07) is 4.38. The molecule has 2 bridgehead atoms. The van der Waals surface area contributed by atoms with Crippen LogP contribution in [0.4, 0.5) is 18.9 Å². The Balaban J connectivity index is 1.31. The number of hydrogen-bond donors (Lipinski definition) is 0. The Morgan fingerprint density at radius 3 is 2.05 bits per heavy atom. The van der Waals surface area contributed by atoms with E-state index >= 15 is 0 Å². The van der Waals surface area contributed by atoms with E-state index in [2.05, 4.69) is 9.80 Å². The van der Waals surface area contributed by atoms with Gasteiger partial charge in [0.25, 0.3) is 0 Å². The summed E-state index contributed by atoms with van der Waals surface area (Å²) in [5.41, 5.74) is -4.03. The van der Waals surface area contributed by atoms with Gasteiger partial charge in [-0.25, -0.2) is 13.3 Å². The zero-order valence-electron chi connectivity index (χ0n) is 22.6. The van der Waals surface area contributed by atoms with Gasteiger partial charge in [-0.05, 0) is 39.0 Å². The first-order valence-electron chi connectivity index (χ1n) is 13.3. The van der Waals surface area contributed by atoms with Gasteiger partial charge in [0, 0.05) is 52.4 Å². The van der Waals surface area contributed by atoms with Gasteiger partial charge in [0.1, 0.15) is 0 Å². The van der Waals surface area contributed by atoms with Crippen LogP contribution in [0.2, 0.25) is 0 Å². The Hall–Kier alpha value is -2.57. The molecule has 0 unspecified atom stereocenters. The minimum Gasteiger partial charge on any atom is -0.365 e. The number of imide groups is 1. The van der Waals surface area contributed by atoms with Crippen LogP contribution in [0.15, 0.2) is 18.2 Å². The zero-order chi connectivity index (χ0) is 29.3. The van der Waals surface area contributed by atoms with Gasteiger partial charge in [-0.3, -0.25) is 19.4 Å². The number of carbonyl (C=O) groups excluding carboxylic acids is 2. The molecule has 5 rings (SSSR count). The molecule has 1 aromatic rings. The van der Waals surface area contributed by atoms with Crippen molar-refractivity contribution < 1.29 is 35.9 Å². The highest BCUT2D eigenvalue weighted by Gasteiger charge is 2.71. The number of morpholine rings is 1. The van der Waals surface area contributed by atoms with E-state index in [-0.39, 0.29) is 11.4 Å². The molecule has 0 spiro atoms. The number of fused-ring (bicyclic) bond motifs is 5. The van der Waals surface area contributed by atoms with Crippen LogP contribution < -0.4 is 4.90 Å². The first kappa shape index (κ1) is 28.9. The summed E-state index contributed by atoms with van der Waals surface area (Å²) in [7, 11) is -3.22. The maximum Gasteiger partial charge on any atom is 0.417 e. The SMILES string of the molecule is CCS(=O)(=O)N1CCN(CCN2C[C@@]3(C)O[C@@](C)(C2)[C@@H]2C(=O)N(c4ccc(C#N)c(C(F)(F)F)c4)C(=O)[C@@H]23)CC1. The number of rotatable bonds is 6. The third-order valence-electron chi connectivity index (χ3n) is 8.67. The molecule has 4 aliphatic rings. The van der Waals surface area contributed by atoms with Crippen LogP contribution in [0, 0.1) is 23.2 Å². The van der Waals surface area contributed by atoms with E-state index in [0.717, 1.165) is 11.0 Å². The molecule has 218 valence electrons. The van der Waals surface area contributed by atoms with Gasteiger partial charge in [0.05, 0.1) is 51.7 Å². The highest BCUT2D eigenvalue weighted by Crippen LogP contribution is 2.55. The fourth-order valence-corrected chi connectivity index (χ4v) is 7.96. The maximum atomic E-state index is 13.7. The maximum absolute atomic E-state index is 13.7. The number of hydrogen-bond acceptors (Lipinski definition) is 8. The first-order chi connectivity index (χ1) is 18.6. The summed E-state index contributed by atoms with van der Waals surface area (Å²) in [5.74, 6) is -2.85. The molecule has 0 N–H and O–H groups in total. The molecule has 0 aromatic heterocycles. The summed E-state index contributed by atoms with van der Waals surface area (Å²) < 4.78 is 72.9. The molecule has 40 heavy (non-hydrogen) atoms. The third kappa shape index (κ3) is 4.71. The lowest BCUT2D eigenvalue weighted by Crippen LogP contribution is -2.59. The normalized spacial score (nSPS) is 32.0. The number of anilines is 1. The second kappa shape index (κ2) is 9.77. The van der Waals surface area contributed by atoms with Gasteiger partial charge < -0.3 is 4.74 Å². The largest absolute Gasteiger partial charge is 0.417 e. The zero-order valence-corrected chi connectivity index (χ0v) is 23.4. The number of carbonyl (C=O) groups is 2. The predicted molar refractivity (Wildman–Crippen MR) is 137 cm³/mol. The lowest BCUT2D eigenvalue weighted by atomic mass is 9.79. The van der Waals surface area contributed by atoms with Crippen LogP contribution in [0.25, 0.3) is 0 Å². The van der Waals surface area contributed by atoms with Crippen LogP contribution >= 0.6 is 0 Å². The Kier molecular flexibility index (Phi) is 7.07. The van der Waals surface area contributed by atoms with Crippen molar-refractivity contribution in [2.24, 2.45) is 11.8 Å². The number of ether oxygens (including phenoxy) is 1. The van der Waals surface area contributed by atoms with Gasteiger partial charge in [0.15, 0.2) is 0 Å². The number of nitriles is 1. The number of piperazine rings is 1.